The standard InChI is InChI=1S/C26H24ClF3N2O4S/c1-25(2)15-22(19-10-6-7-11-23(19)36-25)31-24(33)16-32(37(34,35)18-8-4-3-5-9-18)17-12-13-21(27)20(14-17)26(28,29)30/h3-14,22H,15-16H2,1-2H3,(H,31,33). The van der Waals surface area contributed by atoms with Gasteiger partial charge in [-0.15, -0.1) is 0 Å². The molecule has 0 radical (unpaired) electrons. The lowest BCUT2D eigenvalue weighted by atomic mass is 9.89. The van der Waals surface area contributed by atoms with Crippen LogP contribution in [0.15, 0.2) is 77.7 Å². The first kappa shape index (κ1) is 26.8. The third-order valence-electron chi connectivity index (χ3n) is 5.87. The van der Waals surface area contributed by atoms with Gasteiger partial charge in [0.25, 0.3) is 10.0 Å². The number of carbonyl (C=O) groups is 1. The van der Waals surface area contributed by atoms with E-state index < -0.39 is 50.9 Å². The quantitative estimate of drug-likeness (QED) is 0.409. The van der Waals surface area contributed by atoms with Crippen molar-refractivity contribution in [2.45, 2.75) is 43.0 Å². The Balaban J connectivity index is 1.71. The molecule has 37 heavy (non-hydrogen) atoms. The van der Waals surface area contributed by atoms with Gasteiger partial charge in [0.05, 0.1) is 27.2 Å². The van der Waals surface area contributed by atoms with Crippen LogP contribution in [0.2, 0.25) is 5.02 Å². The fourth-order valence-electron chi connectivity index (χ4n) is 4.22. The Bertz CT molecular complexity index is 1410. The molecule has 6 nitrogen and oxygen atoms in total. The maximum atomic E-state index is 13.6. The Hall–Kier alpha value is -3.24. The molecular formula is C26H24ClF3N2O4S. The summed E-state index contributed by atoms with van der Waals surface area (Å²) in [6.07, 6.45) is -4.42. The highest BCUT2D eigenvalue weighted by Crippen LogP contribution is 2.40. The molecule has 1 heterocycles. The third kappa shape index (κ3) is 5.86. The number of ether oxygens (including phenoxy) is 1. The number of carbonyl (C=O) groups excluding carboxylic acids is 1. The van der Waals surface area contributed by atoms with E-state index in [0.29, 0.717) is 22.5 Å². The molecule has 3 aromatic rings. The zero-order valence-corrected chi connectivity index (χ0v) is 21.5. The van der Waals surface area contributed by atoms with Gasteiger partial charge in [-0.3, -0.25) is 9.10 Å². The average Bonchev–Trinajstić information content (AvgIpc) is 2.82. The predicted molar refractivity (Wildman–Crippen MR) is 134 cm³/mol. The van der Waals surface area contributed by atoms with E-state index >= 15 is 0 Å². The van der Waals surface area contributed by atoms with Crippen LogP contribution in [0.25, 0.3) is 0 Å². The zero-order valence-electron chi connectivity index (χ0n) is 19.9. The monoisotopic (exact) mass is 552 g/mol. The smallest absolute Gasteiger partial charge is 0.417 e. The van der Waals surface area contributed by atoms with Crippen LogP contribution in [0, 0.1) is 0 Å². The molecule has 1 aliphatic rings. The summed E-state index contributed by atoms with van der Waals surface area (Å²) >= 11 is 5.75. The van der Waals surface area contributed by atoms with Crippen molar-refractivity contribution in [3.63, 3.8) is 0 Å². The lowest BCUT2D eigenvalue weighted by molar-refractivity contribution is -0.137. The summed E-state index contributed by atoms with van der Waals surface area (Å²) in [6, 6.07) is 16.6. The lowest BCUT2D eigenvalue weighted by Crippen LogP contribution is -2.45. The molecule has 0 bridgehead atoms. The first-order valence-electron chi connectivity index (χ1n) is 11.3. The molecule has 0 saturated heterocycles. The van der Waals surface area contributed by atoms with Gasteiger partial charge in [-0.1, -0.05) is 48.0 Å². The maximum Gasteiger partial charge on any atom is 0.417 e. The van der Waals surface area contributed by atoms with Gasteiger partial charge in [0.2, 0.25) is 5.91 Å². The number of para-hydroxylation sites is 1. The Morgan fingerprint density at radius 3 is 2.41 bits per heavy atom. The minimum atomic E-state index is -4.82. The van der Waals surface area contributed by atoms with E-state index in [1.165, 1.54) is 24.3 Å². The first-order chi connectivity index (χ1) is 17.3. The minimum absolute atomic E-state index is 0.177. The lowest BCUT2D eigenvalue weighted by Gasteiger charge is -2.38. The normalized spacial score (nSPS) is 16.9. The summed E-state index contributed by atoms with van der Waals surface area (Å²) in [7, 11) is -4.41. The fraction of sp³-hybridized carbons (Fsp3) is 0.269. The molecule has 11 heteroatoms. The molecular weight excluding hydrogens is 529 g/mol. The summed E-state index contributed by atoms with van der Waals surface area (Å²) in [5.41, 5.74) is -1.44. The summed E-state index contributed by atoms with van der Waals surface area (Å²) in [5.74, 6) is -0.106. The number of rotatable bonds is 6. The average molecular weight is 553 g/mol. The highest BCUT2D eigenvalue weighted by molar-refractivity contribution is 7.92. The molecule has 196 valence electrons. The highest BCUT2D eigenvalue weighted by Gasteiger charge is 2.37. The van der Waals surface area contributed by atoms with Gasteiger partial charge in [0, 0.05) is 12.0 Å². The van der Waals surface area contributed by atoms with Crippen molar-refractivity contribution in [1.29, 1.82) is 0 Å². The molecule has 1 amide bonds. The Morgan fingerprint density at radius 1 is 1.08 bits per heavy atom. The number of benzene rings is 3. The number of nitrogens with one attached hydrogen (secondary N) is 1. The number of fused-ring (bicyclic) bond motifs is 1. The molecule has 1 N–H and O–H groups in total. The van der Waals surface area contributed by atoms with Crippen LogP contribution < -0.4 is 14.4 Å². The number of alkyl halides is 3. The van der Waals surface area contributed by atoms with Crippen LogP contribution in [0.5, 0.6) is 5.75 Å². The summed E-state index contributed by atoms with van der Waals surface area (Å²) in [5, 5.41) is 2.25. The Morgan fingerprint density at radius 2 is 1.73 bits per heavy atom. The van der Waals surface area contributed by atoms with E-state index in [4.69, 9.17) is 16.3 Å². The summed E-state index contributed by atoms with van der Waals surface area (Å²) < 4.78 is 74.3. The highest BCUT2D eigenvalue weighted by atomic mass is 35.5. The van der Waals surface area contributed by atoms with Gasteiger partial charge in [0.15, 0.2) is 0 Å². The molecule has 0 aliphatic carbocycles. The molecule has 1 aliphatic heterocycles. The van der Waals surface area contributed by atoms with E-state index in [9.17, 15) is 26.4 Å². The second-order valence-electron chi connectivity index (χ2n) is 9.21. The topological polar surface area (TPSA) is 75.7 Å². The second kappa shape index (κ2) is 9.90. The van der Waals surface area contributed by atoms with Crippen molar-refractivity contribution >= 4 is 33.2 Å². The van der Waals surface area contributed by atoms with Gasteiger partial charge in [-0.25, -0.2) is 8.42 Å². The zero-order chi connectivity index (χ0) is 27.0. The van der Waals surface area contributed by atoms with E-state index in [1.54, 1.807) is 30.3 Å². The van der Waals surface area contributed by atoms with Crippen molar-refractivity contribution in [2.24, 2.45) is 0 Å². The van der Waals surface area contributed by atoms with Crippen LogP contribution in [0.1, 0.15) is 37.4 Å². The Labute approximate surface area is 218 Å². The number of hydrogen-bond acceptors (Lipinski definition) is 4. The largest absolute Gasteiger partial charge is 0.487 e. The van der Waals surface area contributed by atoms with Crippen molar-refractivity contribution < 1.29 is 31.1 Å². The van der Waals surface area contributed by atoms with Crippen LogP contribution in [-0.4, -0.2) is 26.5 Å². The van der Waals surface area contributed by atoms with Crippen molar-refractivity contribution in [3.8, 4) is 5.75 Å². The number of halogens is 4. The van der Waals surface area contributed by atoms with Crippen molar-refractivity contribution in [1.82, 2.24) is 5.32 Å². The predicted octanol–water partition coefficient (Wildman–Crippen LogP) is 5.97. The molecule has 1 unspecified atom stereocenters. The molecule has 0 aromatic heterocycles. The molecule has 0 spiro atoms. The SMILES string of the molecule is CC1(C)CC(NC(=O)CN(c2ccc(Cl)c(C(F)(F)F)c2)S(=O)(=O)c2ccccc2)c2ccccc2O1. The van der Waals surface area contributed by atoms with Crippen LogP contribution in [0.4, 0.5) is 18.9 Å². The van der Waals surface area contributed by atoms with Gasteiger partial charge in [-0.05, 0) is 50.2 Å². The molecule has 4 rings (SSSR count). The van der Waals surface area contributed by atoms with Crippen LogP contribution >= 0.6 is 11.6 Å². The molecule has 0 saturated carbocycles. The number of amides is 1. The number of nitrogens with zero attached hydrogens (tertiary/aromatic N) is 1. The van der Waals surface area contributed by atoms with E-state index in [-0.39, 0.29) is 10.6 Å². The van der Waals surface area contributed by atoms with Gasteiger partial charge in [-0.2, -0.15) is 13.2 Å². The number of anilines is 1. The maximum absolute atomic E-state index is 13.6. The minimum Gasteiger partial charge on any atom is -0.487 e. The number of sulfonamides is 1. The fourth-order valence-corrected chi connectivity index (χ4v) is 5.88. The number of hydrogen-bond donors (Lipinski definition) is 1. The second-order valence-corrected chi connectivity index (χ2v) is 11.5. The van der Waals surface area contributed by atoms with E-state index in [1.807, 2.05) is 13.8 Å². The third-order valence-corrected chi connectivity index (χ3v) is 7.99. The molecule has 3 aromatic carbocycles. The van der Waals surface area contributed by atoms with Gasteiger partial charge >= 0.3 is 6.18 Å². The van der Waals surface area contributed by atoms with Crippen molar-refractivity contribution in [2.75, 3.05) is 10.8 Å². The molecule has 0 fully saturated rings. The molecule has 1 atom stereocenters. The first-order valence-corrected chi connectivity index (χ1v) is 13.1. The van der Waals surface area contributed by atoms with E-state index in [0.717, 1.165) is 17.7 Å². The van der Waals surface area contributed by atoms with E-state index in [2.05, 4.69) is 5.32 Å². The van der Waals surface area contributed by atoms with Gasteiger partial charge in [0.1, 0.15) is 17.9 Å². The summed E-state index contributed by atoms with van der Waals surface area (Å²) in [4.78, 5) is 13.1. The van der Waals surface area contributed by atoms with Gasteiger partial charge < -0.3 is 10.1 Å². The van der Waals surface area contributed by atoms with Crippen LogP contribution in [0.3, 0.4) is 0 Å². The Kier molecular flexibility index (Phi) is 7.18. The van der Waals surface area contributed by atoms with Crippen molar-refractivity contribution in [3.05, 3.63) is 88.9 Å². The summed E-state index contributed by atoms with van der Waals surface area (Å²) in [6.45, 7) is 2.97. The van der Waals surface area contributed by atoms with Crippen LogP contribution in [-0.2, 0) is 21.0 Å².